The monoisotopic (exact) mass is 385 g/mol. The van der Waals surface area contributed by atoms with Crippen molar-refractivity contribution in [2.45, 2.75) is 38.4 Å². The molecule has 0 unspecified atom stereocenters. The quantitative estimate of drug-likeness (QED) is 0.647. The predicted molar refractivity (Wildman–Crippen MR) is 109 cm³/mol. The standard InChI is InChI=1S/C20H23N3OS2/c1-14(23-10-5-7-17(23)15-9-11-25-13-15)20(24)22(2)12-19-21-16-6-3-4-8-18(16)26-19/h3-4,6,8-9,11,13-14,17H,5,7,10,12H2,1-2H3/t14-,17+/m1/s1. The van der Waals surface area contributed by atoms with E-state index < -0.39 is 0 Å². The van der Waals surface area contributed by atoms with E-state index in [4.69, 9.17) is 0 Å². The van der Waals surface area contributed by atoms with Gasteiger partial charge in [0.15, 0.2) is 0 Å². The number of fused-ring (bicyclic) bond motifs is 1. The van der Waals surface area contributed by atoms with Gasteiger partial charge in [-0.05, 0) is 60.8 Å². The highest BCUT2D eigenvalue weighted by Crippen LogP contribution is 2.35. The number of carbonyl (C=O) groups excluding carboxylic acids is 1. The minimum Gasteiger partial charge on any atom is -0.338 e. The van der Waals surface area contributed by atoms with Gasteiger partial charge in [-0.15, -0.1) is 11.3 Å². The molecule has 0 N–H and O–H groups in total. The van der Waals surface area contributed by atoms with Crippen molar-refractivity contribution >= 4 is 38.8 Å². The van der Waals surface area contributed by atoms with Gasteiger partial charge in [-0.2, -0.15) is 11.3 Å². The summed E-state index contributed by atoms with van der Waals surface area (Å²) in [6.45, 7) is 3.60. The lowest BCUT2D eigenvalue weighted by molar-refractivity contribution is -0.136. The molecule has 26 heavy (non-hydrogen) atoms. The Bertz CT molecular complexity index is 856. The second-order valence-electron chi connectivity index (χ2n) is 6.90. The van der Waals surface area contributed by atoms with E-state index in [1.807, 2.05) is 37.1 Å². The zero-order valence-electron chi connectivity index (χ0n) is 15.1. The van der Waals surface area contributed by atoms with Crippen molar-refractivity contribution in [2.75, 3.05) is 13.6 Å². The number of hydrogen-bond acceptors (Lipinski definition) is 5. The number of aromatic nitrogens is 1. The van der Waals surface area contributed by atoms with E-state index in [1.165, 1.54) is 10.3 Å². The minimum absolute atomic E-state index is 0.109. The highest BCUT2D eigenvalue weighted by molar-refractivity contribution is 7.18. The summed E-state index contributed by atoms with van der Waals surface area (Å²) in [6, 6.07) is 10.6. The van der Waals surface area contributed by atoms with Gasteiger partial charge in [0.05, 0.1) is 22.8 Å². The van der Waals surface area contributed by atoms with E-state index in [0.717, 1.165) is 29.9 Å². The summed E-state index contributed by atoms with van der Waals surface area (Å²) in [7, 11) is 1.89. The van der Waals surface area contributed by atoms with E-state index in [0.29, 0.717) is 12.6 Å². The molecule has 0 aliphatic carbocycles. The predicted octanol–water partition coefficient (Wildman–Crippen LogP) is 4.54. The molecule has 1 fully saturated rings. The number of carbonyl (C=O) groups is 1. The Morgan fingerprint density at radius 1 is 1.38 bits per heavy atom. The summed E-state index contributed by atoms with van der Waals surface area (Å²) in [5.74, 6) is 0.173. The average molecular weight is 386 g/mol. The third-order valence-electron chi connectivity index (χ3n) is 5.16. The molecule has 3 aromatic rings. The minimum atomic E-state index is -0.109. The molecule has 2 aromatic heterocycles. The third kappa shape index (κ3) is 3.41. The van der Waals surface area contributed by atoms with Crippen molar-refractivity contribution < 1.29 is 4.79 Å². The molecule has 6 heteroatoms. The van der Waals surface area contributed by atoms with Crippen LogP contribution in [-0.2, 0) is 11.3 Å². The highest BCUT2D eigenvalue weighted by Gasteiger charge is 2.34. The number of amides is 1. The molecule has 0 spiro atoms. The Morgan fingerprint density at radius 3 is 3.00 bits per heavy atom. The van der Waals surface area contributed by atoms with Gasteiger partial charge in [-0.1, -0.05) is 12.1 Å². The number of nitrogens with zero attached hydrogens (tertiary/aromatic N) is 3. The molecule has 0 radical (unpaired) electrons. The molecule has 0 saturated carbocycles. The topological polar surface area (TPSA) is 36.4 Å². The number of rotatable bonds is 5. The van der Waals surface area contributed by atoms with Crippen LogP contribution in [0.4, 0.5) is 0 Å². The van der Waals surface area contributed by atoms with Crippen molar-refractivity contribution in [3.63, 3.8) is 0 Å². The molecular weight excluding hydrogens is 362 g/mol. The maximum absolute atomic E-state index is 13.0. The number of likely N-dealkylation sites (N-methyl/N-ethyl adjacent to an activating group) is 1. The summed E-state index contributed by atoms with van der Waals surface area (Å²) in [6.07, 6.45) is 2.29. The first-order chi connectivity index (χ1) is 12.6. The molecule has 136 valence electrons. The summed E-state index contributed by atoms with van der Waals surface area (Å²) in [4.78, 5) is 21.9. The van der Waals surface area contributed by atoms with Crippen LogP contribution in [0.15, 0.2) is 41.1 Å². The Morgan fingerprint density at radius 2 is 2.23 bits per heavy atom. The lowest BCUT2D eigenvalue weighted by atomic mass is 10.1. The van der Waals surface area contributed by atoms with Gasteiger partial charge in [0.25, 0.3) is 0 Å². The van der Waals surface area contributed by atoms with Crippen molar-refractivity contribution in [3.8, 4) is 0 Å². The Labute approximate surface area is 162 Å². The number of para-hydroxylation sites is 1. The maximum atomic E-state index is 13.0. The number of thiophene rings is 1. The lowest BCUT2D eigenvalue weighted by Gasteiger charge is -2.32. The number of thiazole rings is 1. The van der Waals surface area contributed by atoms with E-state index in [-0.39, 0.29) is 11.9 Å². The van der Waals surface area contributed by atoms with Crippen LogP contribution in [-0.4, -0.2) is 40.3 Å². The van der Waals surface area contributed by atoms with Crippen LogP contribution in [0.2, 0.25) is 0 Å². The second-order valence-corrected chi connectivity index (χ2v) is 8.79. The molecule has 4 nitrogen and oxygen atoms in total. The first kappa shape index (κ1) is 17.6. The van der Waals surface area contributed by atoms with Crippen molar-refractivity contribution in [3.05, 3.63) is 51.7 Å². The maximum Gasteiger partial charge on any atom is 0.239 e. The van der Waals surface area contributed by atoms with Crippen LogP contribution in [0.25, 0.3) is 10.2 Å². The van der Waals surface area contributed by atoms with E-state index in [1.54, 1.807) is 22.7 Å². The van der Waals surface area contributed by atoms with Crippen molar-refractivity contribution in [1.82, 2.24) is 14.8 Å². The van der Waals surface area contributed by atoms with Gasteiger partial charge < -0.3 is 4.90 Å². The molecule has 2 atom stereocenters. The van der Waals surface area contributed by atoms with Crippen LogP contribution in [0.1, 0.15) is 36.4 Å². The fraction of sp³-hybridized carbons (Fsp3) is 0.400. The molecule has 0 bridgehead atoms. The molecule has 1 aliphatic rings. The average Bonchev–Trinajstić information content (AvgIpc) is 3.38. The van der Waals surface area contributed by atoms with Crippen LogP contribution in [0.3, 0.4) is 0 Å². The fourth-order valence-electron chi connectivity index (χ4n) is 3.80. The fourth-order valence-corrected chi connectivity index (χ4v) is 5.53. The van der Waals surface area contributed by atoms with E-state index in [9.17, 15) is 4.79 Å². The Hall–Kier alpha value is -1.76. The summed E-state index contributed by atoms with van der Waals surface area (Å²) in [5, 5.41) is 5.33. The third-order valence-corrected chi connectivity index (χ3v) is 6.89. The van der Waals surface area contributed by atoms with Crippen LogP contribution >= 0.6 is 22.7 Å². The molecule has 1 saturated heterocycles. The van der Waals surface area contributed by atoms with Crippen LogP contribution in [0.5, 0.6) is 0 Å². The first-order valence-corrected chi connectivity index (χ1v) is 10.8. The highest BCUT2D eigenvalue weighted by atomic mass is 32.1. The van der Waals surface area contributed by atoms with Crippen LogP contribution < -0.4 is 0 Å². The smallest absolute Gasteiger partial charge is 0.239 e. The van der Waals surface area contributed by atoms with Gasteiger partial charge in [0, 0.05) is 13.1 Å². The summed E-state index contributed by atoms with van der Waals surface area (Å²) in [5.41, 5.74) is 2.36. The van der Waals surface area contributed by atoms with Gasteiger partial charge in [-0.3, -0.25) is 9.69 Å². The molecule has 1 amide bonds. The zero-order valence-corrected chi connectivity index (χ0v) is 16.7. The van der Waals surface area contributed by atoms with Gasteiger partial charge in [-0.25, -0.2) is 4.98 Å². The van der Waals surface area contributed by atoms with Crippen molar-refractivity contribution in [1.29, 1.82) is 0 Å². The van der Waals surface area contributed by atoms with Gasteiger partial charge in [0.1, 0.15) is 5.01 Å². The van der Waals surface area contributed by atoms with E-state index in [2.05, 4.69) is 32.8 Å². The van der Waals surface area contributed by atoms with E-state index >= 15 is 0 Å². The van der Waals surface area contributed by atoms with Crippen molar-refractivity contribution in [2.24, 2.45) is 0 Å². The number of benzene rings is 1. The Kier molecular flexibility index (Phi) is 5.07. The van der Waals surface area contributed by atoms with Gasteiger partial charge >= 0.3 is 0 Å². The lowest BCUT2D eigenvalue weighted by Crippen LogP contribution is -2.45. The first-order valence-electron chi connectivity index (χ1n) is 9.01. The molecule has 1 aliphatic heterocycles. The van der Waals surface area contributed by atoms with Gasteiger partial charge in [0.2, 0.25) is 5.91 Å². The number of hydrogen-bond donors (Lipinski definition) is 0. The summed E-state index contributed by atoms with van der Waals surface area (Å²) >= 11 is 3.40. The Balaban J connectivity index is 1.45. The normalized spacial score (nSPS) is 19.1. The van der Waals surface area contributed by atoms with Crippen LogP contribution in [0, 0.1) is 0 Å². The molecule has 1 aromatic carbocycles. The molecule has 4 rings (SSSR count). The molecular formula is C20H23N3OS2. The largest absolute Gasteiger partial charge is 0.338 e. The number of likely N-dealkylation sites (tertiary alicyclic amines) is 1. The second kappa shape index (κ2) is 7.47. The SMILES string of the molecule is C[C@H](C(=O)N(C)Cc1nc2ccccc2s1)N1CCC[C@H]1c1ccsc1. The summed E-state index contributed by atoms with van der Waals surface area (Å²) < 4.78 is 1.17. The molecule has 3 heterocycles. The zero-order chi connectivity index (χ0) is 18.1.